The van der Waals surface area contributed by atoms with Crippen molar-refractivity contribution in [3.05, 3.63) is 24.3 Å². The van der Waals surface area contributed by atoms with Crippen molar-refractivity contribution < 1.29 is 4.74 Å². The van der Waals surface area contributed by atoms with E-state index in [1.807, 2.05) is 6.92 Å². The zero-order valence-electron chi connectivity index (χ0n) is 7.62. The van der Waals surface area contributed by atoms with Crippen LogP contribution in [-0.4, -0.2) is 12.7 Å². The van der Waals surface area contributed by atoms with Gasteiger partial charge in [0.05, 0.1) is 12.7 Å². The molecule has 3 unspecified atom stereocenters. The van der Waals surface area contributed by atoms with Gasteiger partial charge in [0.2, 0.25) is 0 Å². The number of allylic oxidation sites excluding steroid dienone is 1. The van der Waals surface area contributed by atoms with E-state index in [9.17, 15) is 0 Å². The van der Waals surface area contributed by atoms with Gasteiger partial charge < -0.3 is 4.74 Å². The molecule has 0 heterocycles. The molecule has 0 spiro atoms. The Balaban J connectivity index is 1.83. The molecular weight excluding hydrogens is 148 g/mol. The van der Waals surface area contributed by atoms with Crippen LogP contribution in [0.5, 0.6) is 0 Å². The van der Waals surface area contributed by atoms with E-state index in [-0.39, 0.29) is 0 Å². The third kappa shape index (κ3) is 1.46. The fraction of sp³-hybridized carbons (Fsp3) is 0.636. The molecule has 2 bridgehead atoms. The molecule has 0 aromatic carbocycles. The Morgan fingerprint density at radius 2 is 2.33 bits per heavy atom. The van der Waals surface area contributed by atoms with Gasteiger partial charge in [0.25, 0.3) is 0 Å². The zero-order valence-corrected chi connectivity index (χ0v) is 7.62. The molecule has 0 N–H and O–H groups in total. The average molecular weight is 164 g/mol. The van der Waals surface area contributed by atoms with Crippen molar-refractivity contribution in [3.8, 4) is 0 Å². The lowest BCUT2D eigenvalue weighted by atomic mass is 10.0. The van der Waals surface area contributed by atoms with Crippen molar-refractivity contribution >= 4 is 0 Å². The molecular formula is C11H16O. The first-order valence-corrected chi connectivity index (χ1v) is 4.70. The lowest BCUT2D eigenvalue weighted by Crippen LogP contribution is -2.18. The van der Waals surface area contributed by atoms with Crippen LogP contribution in [-0.2, 0) is 4.74 Å². The second kappa shape index (κ2) is 3.06. The summed E-state index contributed by atoms with van der Waals surface area (Å²) in [4.78, 5) is 0. The topological polar surface area (TPSA) is 9.23 Å². The molecule has 0 aromatic rings. The summed E-state index contributed by atoms with van der Waals surface area (Å²) in [5, 5.41) is 0. The number of rotatable bonds is 3. The predicted octanol–water partition coefficient (Wildman–Crippen LogP) is 2.54. The van der Waals surface area contributed by atoms with Gasteiger partial charge in [0.1, 0.15) is 0 Å². The van der Waals surface area contributed by atoms with E-state index in [2.05, 4.69) is 18.7 Å². The smallest absolute Gasteiger partial charge is 0.0675 e. The van der Waals surface area contributed by atoms with Gasteiger partial charge in [-0.25, -0.2) is 0 Å². The van der Waals surface area contributed by atoms with Crippen molar-refractivity contribution in [2.45, 2.75) is 25.9 Å². The van der Waals surface area contributed by atoms with Gasteiger partial charge in [-0.2, -0.15) is 0 Å². The average Bonchev–Trinajstić information content (AvgIpc) is 2.60. The third-order valence-electron chi connectivity index (χ3n) is 2.76. The van der Waals surface area contributed by atoms with Gasteiger partial charge in [-0.1, -0.05) is 24.3 Å². The number of hydrogen-bond acceptors (Lipinski definition) is 1. The molecule has 2 aliphatic rings. The first-order valence-electron chi connectivity index (χ1n) is 4.70. The molecule has 1 saturated carbocycles. The van der Waals surface area contributed by atoms with Gasteiger partial charge in [-0.3, -0.25) is 0 Å². The second-order valence-electron chi connectivity index (χ2n) is 4.09. The lowest BCUT2D eigenvalue weighted by Gasteiger charge is -2.18. The molecule has 1 fully saturated rings. The third-order valence-corrected chi connectivity index (χ3v) is 2.76. The molecule has 0 aromatic heterocycles. The number of fused-ring (bicyclic) bond motifs is 2. The standard InChI is InChI=1S/C11H16O/c1-8(2)7-12-11-6-9-3-4-10(11)5-9/h3-4,9-11H,1,5-7H2,2H3. The minimum absolute atomic E-state index is 0.483. The van der Waals surface area contributed by atoms with Crippen molar-refractivity contribution in [1.82, 2.24) is 0 Å². The Hall–Kier alpha value is -0.560. The molecule has 0 aliphatic heterocycles. The van der Waals surface area contributed by atoms with Crippen LogP contribution in [0.15, 0.2) is 24.3 Å². The van der Waals surface area contributed by atoms with Crippen LogP contribution in [0.3, 0.4) is 0 Å². The summed E-state index contributed by atoms with van der Waals surface area (Å²) in [6.45, 7) is 6.59. The number of hydrogen-bond donors (Lipinski definition) is 0. The Morgan fingerprint density at radius 1 is 1.50 bits per heavy atom. The van der Waals surface area contributed by atoms with Crippen LogP contribution in [0.4, 0.5) is 0 Å². The van der Waals surface area contributed by atoms with E-state index >= 15 is 0 Å². The van der Waals surface area contributed by atoms with Crippen molar-refractivity contribution in [3.63, 3.8) is 0 Å². The van der Waals surface area contributed by atoms with Crippen LogP contribution < -0.4 is 0 Å². The highest BCUT2D eigenvalue weighted by atomic mass is 16.5. The van der Waals surface area contributed by atoms with Gasteiger partial charge in [-0.15, -0.1) is 0 Å². The molecule has 1 heteroatoms. The summed E-state index contributed by atoms with van der Waals surface area (Å²) in [5.74, 6) is 1.51. The van der Waals surface area contributed by atoms with Gasteiger partial charge in [-0.05, 0) is 25.7 Å². The first kappa shape index (κ1) is 8.06. The van der Waals surface area contributed by atoms with E-state index < -0.39 is 0 Å². The molecule has 0 amide bonds. The van der Waals surface area contributed by atoms with E-state index in [1.165, 1.54) is 12.8 Å². The maximum absolute atomic E-state index is 5.75. The van der Waals surface area contributed by atoms with Gasteiger partial charge in [0.15, 0.2) is 0 Å². The first-order chi connectivity index (χ1) is 5.75. The van der Waals surface area contributed by atoms with Crippen LogP contribution in [0.2, 0.25) is 0 Å². The maximum atomic E-state index is 5.75. The summed E-state index contributed by atoms with van der Waals surface area (Å²) in [5.41, 5.74) is 1.13. The predicted molar refractivity (Wildman–Crippen MR) is 49.9 cm³/mol. The minimum Gasteiger partial charge on any atom is -0.373 e. The second-order valence-corrected chi connectivity index (χ2v) is 4.09. The van der Waals surface area contributed by atoms with E-state index in [4.69, 9.17) is 4.74 Å². The lowest BCUT2D eigenvalue weighted by molar-refractivity contribution is 0.0521. The van der Waals surface area contributed by atoms with Gasteiger partial charge in [0, 0.05) is 5.92 Å². The highest BCUT2D eigenvalue weighted by molar-refractivity contribution is 5.11. The monoisotopic (exact) mass is 164 g/mol. The minimum atomic E-state index is 0.483. The summed E-state index contributed by atoms with van der Waals surface area (Å²) < 4.78 is 5.75. The molecule has 0 radical (unpaired) electrons. The van der Waals surface area contributed by atoms with Crippen LogP contribution in [0.1, 0.15) is 19.8 Å². The Labute approximate surface area is 74.1 Å². The normalized spacial score (nSPS) is 37.6. The van der Waals surface area contributed by atoms with E-state index in [1.54, 1.807) is 0 Å². The van der Waals surface area contributed by atoms with Crippen LogP contribution >= 0.6 is 0 Å². The number of ether oxygens (including phenoxy) is 1. The molecule has 1 nitrogen and oxygen atoms in total. The van der Waals surface area contributed by atoms with Crippen LogP contribution in [0, 0.1) is 11.8 Å². The molecule has 12 heavy (non-hydrogen) atoms. The summed E-state index contributed by atoms with van der Waals surface area (Å²) >= 11 is 0. The van der Waals surface area contributed by atoms with Crippen molar-refractivity contribution in [2.75, 3.05) is 6.61 Å². The zero-order chi connectivity index (χ0) is 8.55. The highest BCUT2D eigenvalue weighted by Crippen LogP contribution is 2.40. The quantitative estimate of drug-likeness (QED) is 0.582. The maximum Gasteiger partial charge on any atom is 0.0675 e. The van der Waals surface area contributed by atoms with Crippen LogP contribution in [0.25, 0.3) is 0 Å². The fourth-order valence-electron chi connectivity index (χ4n) is 2.17. The summed E-state index contributed by atoms with van der Waals surface area (Å²) in [6.07, 6.45) is 7.69. The Kier molecular flexibility index (Phi) is 2.05. The SMILES string of the molecule is C=C(C)COC1CC2C=CC1C2. The largest absolute Gasteiger partial charge is 0.373 e. The highest BCUT2D eigenvalue weighted by Gasteiger charge is 2.35. The molecule has 3 atom stereocenters. The molecule has 0 saturated heterocycles. The molecule has 2 aliphatic carbocycles. The van der Waals surface area contributed by atoms with E-state index in [0.29, 0.717) is 12.0 Å². The van der Waals surface area contributed by atoms with Crippen molar-refractivity contribution in [1.29, 1.82) is 0 Å². The fourth-order valence-corrected chi connectivity index (χ4v) is 2.17. The summed E-state index contributed by atoms with van der Waals surface area (Å²) in [7, 11) is 0. The van der Waals surface area contributed by atoms with E-state index in [0.717, 1.165) is 18.1 Å². The summed E-state index contributed by atoms with van der Waals surface area (Å²) in [6, 6.07) is 0. The van der Waals surface area contributed by atoms with Gasteiger partial charge >= 0.3 is 0 Å². The molecule has 2 rings (SSSR count). The Bertz CT molecular complexity index is 217. The van der Waals surface area contributed by atoms with Crippen molar-refractivity contribution in [2.24, 2.45) is 11.8 Å². The Morgan fingerprint density at radius 3 is 2.83 bits per heavy atom. The molecule has 66 valence electrons.